The smallest absolute Gasteiger partial charge is 0.149 e. The molecule has 0 atom stereocenters. The average Bonchev–Trinajstić information content (AvgIpc) is 2.43. The zero-order chi connectivity index (χ0) is 13.8. The molecule has 7 heteroatoms. The van der Waals surface area contributed by atoms with E-state index in [9.17, 15) is 8.78 Å². The van der Waals surface area contributed by atoms with Gasteiger partial charge in [0.2, 0.25) is 0 Å². The number of hydrogen-bond donors (Lipinski definition) is 2. The van der Waals surface area contributed by atoms with E-state index in [0.717, 1.165) is 6.07 Å². The van der Waals surface area contributed by atoms with Crippen LogP contribution < -0.4 is 11.1 Å². The summed E-state index contributed by atoms with van der Waals surface area (Å²) in [6, 6.07) is 3.90. The molecule has 0 aliphatic carbocycles. The van der Waals surface area contributed by atoms with Crippen molar-refractivity contribution in [3.05, 3.63) is 52.4 Å². The summed E-state index contributed by atoms with van der Waals surface area (Å²) in [5.74, 6) is -1.00. The highest BCUT2D eigenvalue weighted by Crippen LogP contribution is 2.21. The number of hydrogen-bond acceptors (Lipinski definition) is 4. The highest BCUT2D eigenvalue weighted by molar-refractivity contribution is 6.30. The predicted molar refractivity (Wildman–Crippen MR) is 68.6 cm³/mol. The van der Waals surface area contributed by atoms with Crippen LogP contribution in [0.4, 0.5) is 14.6 Å². The summed E-state index contributed by atoms with van der Waals surface area (Å²) in [6.07, 6.45) is 1.33. The second-order valence-corrected chi connectivity index (χ2v) is 4.18. The van der Waals surface area contributed by atoms with Crippen LogP contribution in [0.1, 0.15) is 11.3 Å². The molecule has 2 rings (SSSR count). The lowest BCUT2D eigenvalue weighted by atomic mass is 10.2. The number of benzene rings is 1. The van der Waals surface area contributed by atoms with Gasteiger partial charge in [0.15, 0.2) is 0 Å². The second kappa shape index (κ2) is 5.90. The standard InChI is InChI=1S/C12H11ClF2N4/c13-9-1-2-10(14)8(12(9)15)5-17-11-3-7(4-16)18-6-19-11/h1-3,6H,4-5,16H2,(H,17,18,19). The van der Waals surface area contributed by atoms with E-state index in [4.69, 9.17) is 17.3 Å². The van der Waals surface area contributed by atoms with Crippen LogP contribution in [0.3, 0.4) is 0 Å². The summed E-state index contributed by atoms with van der Waals surface area (Å²) in [5.41, 5.74) is 5.93. The van der Waals surface area contributed by atoms with Crippen molar-refractivity contribution in [2.45, 2.75) is 13.1 Å². The lowest BCUT2D eigenvalue weighted by Gasteiger charge is -2.09. The van der Waals surface area contributed by atoms with E-state index in [-0.39, 0.29) is 23.7 Å². The minimum absolute atomic E-state index is 0.0702. The Labute approximate surface area is 113 Å². The normalized spacial score (nSPS) is 10.5. The van der Waals surface area contributed by atoms with Crippen LogP contribution in [0.25, 0.3) is 0 Å². The Hall–Kier alpha value is -1.79. The van der Waals surface area contributed by atoms with Gasteiger partial charge in [-0.15, -0.1) is 0 Å². The van der Waals surface area contributed by atoms with Gasteiger partial charge in [0.1, 0.15) is 23.8 Å². The number of nitrogens with two attached hydrogens (primary N) is 1. The highest BCUT2D eigenvalue weighted by Gasteiger charge is 2.12. The van der Waals surface area contributed by atoms with Gasteiger partial charge in [-0.3, -0.25) is 0 Å². The Kier molecular flexibility index (Phi) is 4.24. The van der Waals surface area contributed by atoms with Crippen LogP contribution in [0.15, 0.2) is 24.5 Å². The van der Waals surface area contributed by atoms with Gasteiger partial charge in [-0.05, 0) is 12.1 Å². The molecular formula is C12H11ClF2N4. The summed E-state index contributed by atoms with van der Waals surface area (Å²) in [6.45, 7) is 0.191. The van der Waals surface area contributed by atoms with Crippen molar-refractivity contribution in [2.75, 3.05) is 5.32 Å². The van der Waals surface area contributed by atoms with Crippen LogP contribution in [-0.2, 0) is 13.1 Å². The molecule has 0 aliphatic rings. The van der Waals surface area contributed by atoms with E-state index in [0.29, 0.717) is 11.5 Å². The second-order valence-electron chi connectivity index (χ2n) is 3.77. The third kappa shape index (κ3) is 3.15. The largest absolute Gasteiger partial charge is 0.366 e. The van der Waals surface area contributed by atoms with E-state index >= 15 is 0 Å². The fraction of sp³-hybridized carbons (Fsp3) is 0.167. The van der Waals surface area contributed by atoms with Gasteiger partial charge in [0.05, 0.1) is 10.7 Å². The molecule has 0 aliphatic heterocycles. The zero-order valence-electron chi connectivity index (χ0n) is 9.83. The Balaban J connectivity index is 2.16. The third-order valence-corrected chi connectivity index (χ3v) is 2.81. The van der Waals surface area contributed by atoms with Gasteiger partial charge in [0.25, 0.3) is 0 Å². The molecule has 19 heavy (non-hydrogen) atoms. The van der Waals surface area contributed by atoms with Crippen LogP contribution >= 0.6 is 11.6 Å². The first-order chi connectivity index (χ1) is 9.11. The lowest BCUT2D eigenvalue weighted by Crippen LogP contribution is -2.08. The van der Waals surface area contributed by atoms with Crippen LogP contribution in [0.5, 0.6) is 0 Å². The number of aromatic nitrogens is 2. The number of rotatable bonds is 4. The molecule has 100 valence electrons. The molecule has 2 aromatic rings. The number of halogens is 3. The summed E-state index contributed by atoms with van der Waals surface area (Å²) < 4.78 is 27.1. The van der Waals surface area contributed by atoms with E-state index in [1.54, 1.807) is 6.07 Å². The first-order valence-electron chi connectivity index (χ1n) is 5.49. The van der Waals surface area contributed by atoms with Crippen molar-refractivity contribution in [3.8, 4) is 0 Å². The minimum atomic E-state index is -0.776. The molecule has 0 fully saturated rings. The van der Waals surface area contributed by atoms with Gasteiger partial charge in [-0.25, -0.2) is 18.7 Å². The summed E-state index contributed by atoms with van der Waals surface area (Å²) in [7, 11) is 0. The van der Waals surface area contributed by atoms with Crippen molar-refractivity contribution in [3.63, 3.8) is 0 Å². The topological polar surface area (TPSA) is 63.8 Å². The molecule has 0 spiro atoms. The molecule has 3 N–H and O–H groups in total. The Morgan fingerprint density at radius 1 is 1.26 bits per heavy atom. The van der Waals surface area contributed by atoms with Crippen molar-refractivity contribution < 1.29 is 8.78 Å². The van der Waals surface area contributed by atoms with Crippen molar-refractivity contribution in [2.24, 2.45) is 5.73 Å². The van der Waals surface area contributed by atoms with E-state index in [2.05, 4.69) is 15.3 Å². The molecule has 1 aromatic heterocycles. The average molecular weight is 285 g/mol. The Bertz CT molecular complexity index is 592. The number of nitrogens with one attached hydrogen (secondary N) is 1. The molecule has 0 saturated heterocycles. The molecule has 0 amide bonds. The van der Waals surface area contributed by atoms with Gasteiger partial charge in [0, 0.05) is 24.7 Å². The highest BCUT2D eigenvalue weighted by atomic mass is 35.5. The zero-order valence-corrected chi connectivity index (χ0v) is 10.6. The van der Waals surface area contributed by atoms with Crippen molar-refractivity contribution in [1.29, 1.82) is 0 Å². The minimum Gasteiger partial charge on any atom is -0.366 e. The lowest BCUT2D eigenvalue weighted by molar-refractivity contribution is 0.560. The third-order valence-electron chi connectivity index (χ3n) is 2.52. The first kappa shape index (κ1) is 13.6. The monoisotopic (exact) mass is 284 g/mol. The van der Waals surface area contributed by atoms with Crippen LogP contribution in [0.2, 0.25) is 5.02 Å². The maximum Gasteiger partial charge on any atom is 0.149 e. The molecular weight excluding hydrogens is 274 g/mol. The van der Waals surface area contributed by atoms with Crippen LogP contribution in [0, 0.1) is 11.6 Å². The van der Waals surface area contributed by atoms with Crippen LogP contribution in [-0.4, -0.2) is 9.97 Å². The van der Waals surface area contributed by atoms with Crippen molar-refractivity contribution in [1.82, 2.24) is 9.97 Å². The summed E-state index contributed by atoms with van der Waals surface area (Å²) in [4.78, 5) is 7.85. The van der Waals surface area contributed by atoms with E-state index < -0.39 is 11.6 Å². The van der Waals surface area contributed by atoms with Gasteiger partial charge in [-0.1, -0.05) is 11.6 Å². The van der Waals surface area contributed by atoms with Gasteiger partial charge < -0.3 is 11.1 Å². The molecule has 0 saturated carbocycles. The molecule has 0 unspecified atom stereocenters. The number of nitrogens with zero attached hydrogens (tertiary/aromatic N) is 2. The summed E-state index contributed by atoms with van der Waals surface area (Å²) >= 11 is 5.60. The van der Waals surface area contributed by atoms with Crippen molar-refractivity contribution >= 4 is 17.4 Å². The molecule has 1 heterocycles. The quantitative estimate of drug-likeness (QED) is 0.847. The fourth-order valence-corrected chi connectivity index (χ4v) is 1.69. The molecule has 4 nitrogen and oxygen atoms in total. The molecule has 0 radical (unpaired) electrons. The van der Waals surface area contributed by atoms with Gasteiger partial charge >= 0.3 is 0 Å². The predicted octanol–water partition coefficient (Wildman–Crippen LogP) is 2.48. The van der Waals surface area contributed by atoms with Gasteiger partial charge in [-0.2, -0.15) is 0 Å². The fourth-order valence-electron chi connectivity index (χ4n) is 1.52. The Morgan fingerprint density at radius 3 is 2.79 bits per heavy atom. The number of anilines is 1. The Morgan fingerprint density at radius 2 is 2.05 bits per heavy atom. The molecule has 0 bridgehead atoms. The SMILES string of the molecule is NCc1cc(NCc2c(F)ccc(Cl)c2F)ncn1. The molecule has 1 aromatic carbocycles. The summed E-state index contributed by atoms with van der Waals surface area (Å²) in [5, 5.41) is 2.68. The maximum absolute atomic E-state index is 13.6. The maximum atomic E-state index is 13.6. The van der Waals surface area contributed by atoms with E-state index in [1.807, 2.05) is 0 Å². The van der Waals surface area contributed by atoms with E-state index in [1.165, 1.54) is 12.4 Å². The first-order valence-corrected chi connectivity index (χ1v) is 5.87.